The number of ketones is 2. The second kappa shape index (κ2) is 6.94. The summed E-state index contributed by atoms with van der Waals surface area (Å²) in [6.45, 7) is 6.23. The summed E-state index contributed by atoms with van der Waals surface area (Å²) in [5.41, 5.74) is -2.71. The lowest BCUT2D eigenvalue weighted by atomic mass is 9.62. The molecule has 3 fully saturated rings. The molecule has 1 aliphatic carbocycles. The number of hydrogen-bond donors (Lipinski definition) is 4. The second-order valence-corrected chi connectivity index (χ2v) is 8.59. The highest BCUT2D eigenvalue weighted by molar-refractivity contribution is 5.98. The minimum absolute atomic E-state index is 0.157. The van der Waals surface area contributed by atoms with Gasteiger partial charge in [-0.15, -0.1) is 0 Å². The fourth-order valence-electron chi connectivity index (χ4n) is 4.43. The lowest BCUT2D eigenvalue weighted by molar-refractivity contribution is -0.310. The van der Waals surface area contributed by atoms with Crippen LogP contribution in [0.1, 0.15) is 34.1 Å². The first-order chi connectivity index (χ1) is 12.9. The largest absolute Gasteiger partial charge is 0.394 e. The summed E-state index contributed by atoms with van der Waals surface area (Å²) in [5, 5.41) is 39.3. The molecule has 28 heavy (non-hydrogen) atoms. The van der Waals surface area contributed by atoms with Crippen LogP contribution in [0, 0.1) is 5.41 Å². The van der Waals surface area contributed by atoms with Gasteiger partial charge in [0.2, 0.25) is 0 Å². The van der Waals surface area contributed by atoms with E-state index in [-0.39, 0.29) is 18.0 Å². The van der Waals surface area contributed by atoms with Crippen LogP contribution in [0.3, 0.4) is 0 Å². The van der Waals surface area contributed by atoms with E-state index in [4.69, 9.17) is 14.2 Å². The highest BCUT2D eigenvalue weighted by Crippen LogP contribution is 2.65. The van der Waals surface area contributed by atoms with Gasteiger partial charge in [0.1, 0.15) is 36.1 Å². The van der Waals surface area contributed by atoms with Gasteiger partial charge in [-0.3, -0.25) is 9.59 Å². The van der Waals surface area contributed by atoms with E-state index in [1.54, 1.807) is 13.0 Å². The number of epoxide rings is 1. The molecule has 0 bridgehead atoms. The molecular weight excluding hydrogens is 372 g/mol. The predicted octanol–water partition coefficient (Wildman–Crippen LogP) is -1.16. The Bertz CT molecular complexity index is 687. The maximum atomic E-state index is 13.0. The van der Waals surface area contributed by atoms with Crippen molar-refractivity contribution in [2.75, 3.05) is 6.61 Å². The van der Waals surface area contributed by atoms with Gasteiger partial charge in [-0.1, -0.05) is 13.8 Å². The SMILES string of the molecule is CC(=O)C=CC12OC1(C)C(=O)C(OC1OC(CO)C(O)C(O)C1O)CC2(C)C. The Balaban J connectivity index is 1.81. The van der Waals surface area contributed by atoms with Crippen molar-refractivity contribution in [3.63, 3.8) is 0 Å². The number of carbonyl (C=O) groups excluding carboxylic acids is 2. The van der Waals surface area contributed by atoms with E-state index in [1.807, 2.05) is 13.8 Å². The number of rotatable bonds is 5. The normalized spacial score (nSPS) is 47.8. The van der Waals surface area contributed by atoms with Crippen molar-refractivity contribution < 1.29 is 44.2 Å². The van der Waals surface area contributed by atoms with E-state index >= 15 is 0 Å². The molecule has 9 nitrogen and oxygen atoms in total. The molecule has 0 radical (unpaired) electrons. The van der Waals surface area contributed by atoms with Crippen molar-refractivity contribution in [1.29, 1.82) is 0 Å². The zero-order valence-electron chi connectivity index (χ0n) is 16.4. The van der Waals surface area contributed by atoms with Crippen LogP contribution in [0.2, 0.25) is 0 Å². The van der Waals surface area contributed by atoms with Crippen LogP contribution in [0.15, 0.2) is 12.2 Å². The van der Waals surface area contributed by atoms with Crippen LogP contribution in [0.5, 0.6) is 0 Å². The molecule has 2 aliphatic heterocycles. The Morgan fingerprint density at radius 3 is 2.43 bits per heavy atom. The minimum Gasteiger partial charge on any atom is -0.394 e. The zero-order valence-corrected chi connectivity index (χ0v) is 16.4. The highest BCUT2D eigenvalue weighted by Gasteiger charge is 2.79. The van der Waals surface area contributed by atoms with Crippen LogP contribution >= 0.6 is 0 Å². The van der Waals surface area contributed by atoms with Crippen molar-refractivity contribution in [3.8, 4) is 0 Å². The molecule has 0 aromatic carbocycles. The van der Waals surface area contributed by atoms with Crippen LogP contribution in [0.4, 0.5) is 0 Å². The third-order valence-electron chi connectivity index (χ3n) is 6.20. The molecule has 0 spiro atoms. The topological polar surface area (TPSA) is 146 Å². The van der Waals surface area contributed by atoms with Gasteiger partial charge in [0.15, 0.2) is 23.5 Å². The number of ether oxygens (including phenoxy) is 3. The Kier molecular flexibility index (Phi) is 5.33. The predicted molar refractivity (Wildman–Crippen MR) is 94.1 cm³/mol. The molecule has 3 aliphatic rings. The van der Waals surface area contributed by atoms with Crippen LogP contribution in [-0.4, -0.2) is 86.6 Å². The van der Waals surface area contributed by atoms with E-state index in [2.05, 4.69) is 0 Å². The summed E-state index contributed by atoms with van der Waals surface area (Å²) in [6, 6.07) is 0. The number of allylic oxidation sites excluding steroid dienone is 1. The minimum atomic E-state index is -1.59. The Morgan fingerprint density at radius 2 is 1.86 bits per heavy atom. The van der Waals surface area contributed by atoms with Crippen LogP contribution in [0.25, 0.3) is 0 Å². The lowest BCUT2D eigenvalue weighted by Gasteiger charge is -2.44. The Hall–Kier alpha value is -1.20. The molecule has 158 valence electrons. The van der Waals surface area contributed by atoms with E-state index in [1.165, 1.54) is 13.0 Å². The number of Topliss-reactive ketones (excluding diaryl/α,β-unsaturated/α-hetero) is 1. The lowest BCUT2D eigenvalue weighted by Crippen LogP contribution is -2.61. The first-order valence-electron chi connectivity index (χ1n) is 9.30. The number of hydrogen-bond acceptors (Lipinski definition) is 9. The first kappa shape index (κ1) is 21.5. The molecule has 4 N–H and O–H groups in total. The third-order valence-corrected chi connectivity index (χ3v) is 6.20. The van der Waals surface area contributed by atoms with Crippen molar-refractivity contribution >= 4 is 11.6 Å². The standard InChI is InChI=1S/C19H28O9/c1-9(21)5-6-19-17(2,3)7-10(15(25)18(19,4)28-19)26-16-14(24)13(23)12(22)11(8-20)27-16/h5-6,10-14,16,20,22-24H,7-8H2,1-4H3. The van der Waals surface area contributed by atoms with Crippen LogP contribution < -0.4 is 0 Å². The van der Waals surface area contributed by atoms with Crippen molar-refractivity contribution in [1.82, 2.24) is 0 Å². The summed E-state index contributed by atoms with van der Waals surface area (Å²) in [5.74, 6) is -0.521. The van der Waals surface area contributed by atoms with Crippen LogP contribution in [-0.2, 0) is 23.8 Å². The van der Waals surface area contributed by atoms with Crippen molar-refractivity contribution in [3.05, 3.63) is 12.2 Å². The summed E-state index contributed by atoms with van der Waals surface area (Å²) in [4.78, 5) is 24.4. The second-order valence-electron chi connectivity index (χ2n) is 8.59. The number of aliphatic hydroxyl groups is 4. The molecule has 9 heteroatoms. The smallest absolute Gasteiger partial charge is 0.196 e. The van der Waals surface area contributed by atoms with Gasteiger partial charge < -0.3 is 34.6 Å². The van der Waals surface area contributed by atoms with E-state index in [0.29, 0.717) is 0 Å². The molecule has 2 heterocycles. The highest BCUT2D eigenvalue weighted by atomic mass is 16.7. The molecular formula is C19H28O9. The molecule has 0 amide bonds. The number of fused-ring (bicyclic) bond motifs is 1. The molecule has 1 saturated carbocycles. The van der Waals surface area contributed by atoms with Gasteiger partial charge in [0.05, 0.1) is 6.61 Å². The Labute approximate surface area is 162 Å². The summed E-state index contributed by atoms with van der Waals surface area (Å²) in [7, 11) is 0. The summed E-state index contributed by atoms with van der Waals surface area (Å²) < 4.78 is 16.9. The summed E-state index contributed by atoms with van der Waals surface area (Å²) in [6.07, 6.45) is -4.98. The average molecular weight is 400 g/mol. The van der Waals surface area contributed by atoms with Gasteiger partial charge >= 0.3 is 0 Å². The monoisotopic (exact) mass is 400 g/mol. The first-order valence-corrected chi connectivity index (χ1v) is 9.30. The van der Waals surface area contributed by atoms with Gasteiger partial charge in [-0.2, -0.15) is 0 Å². The van der Waals surface area contributed by atoms with E-state index < -0.39 is 60.0 Å². The zero-order chi connectivity index (χ0) is 21.1. The van der Waals surface area contributed by atoms with E-state index in [9.17, 15) is 30.0 Å². The maximum Gasteiger partial charge on any atom is 0.196 e. The quantitative estimate of drug-likeness (QED) is 0.332. The average Bonchev–Trinajstić information content (AvgIpc) is 3.27. The van der Waals surface area contributed by atoms with Gasteiger partial charge in [0.25, 0.3) is 0 Å². The maximum absolute atomic E-state index is 13.0. The number of carbonyl (C=O) groups is 2. The van der Waals surface area contributed by atoms with Gasteiger partial charge in [0, 0.05) is 5.41 Å². The molecule has 0 aromatic rings. The fraction of sp³-hybridized carbons (Fsp3) is 0.789. The molecule has 0 aromatic heterocycles. The fourth-order valence-corrected chi connectivity index (χ4v) is 4.43. The molecule has 8 unspecified atom stereocenters. The summed E-state index contributed by atoms with van der Waals surface area (Å²) >= 11 is 0. The third kappa shape index (κ3) is 3.06. The van der Waals surface area contributed by atoms with Crippen molar-refractivity contribution in [2.45, 2.75) is 82.1 Å². The van der Waals surface area contributed by atoms with Crippen molar-refractivity contribution in [2.24, 2.45) is 5.41 Å². The number of aliphatic hydroxyl groups excluding tert-OH is 4. The molecule has 2 saturated heterocycles. The Morgan fingerprint density at radius 1 is 1.21 bits per heavy atom. The molecule has 3 rings (SSSR count). The van der Waals surface area contributed by atoms with Gasteiger partial charge in [-0.05, 0) is 32.4 Å². The van der Waals surface area contributed by atoms with E-state index in [0.717, 1.165) is 0 Å². The molecule has 8 atom stereocenters. The van der Waals surface area contributed by atoms with Gasteiger partial charge in [-0.25, -0.2) is 0 Å².